The van der Waals surface area contributed by atoms with Crippen LogP contribution in [-0.4, -0.2) is 51.6 Å². The smallest absolute Gasteiger partial charge is 0.253 e. The average molecular weight is 434 g/mol. The first-order chi connectivity index (χ1) is 15.7. The molecular weight excluding hydrogens is 408 g/mol. The SMILES string of the molecule is COc1cccc(C(=O)N2CCC3(CC2)Cn2nnc(COc4ccccc4)c2CO3)c1. The molecule has 1 fully saturated rings. The molecule has 1 saturated heterocycles. The van der Waals surface area contributed by atoms with Gasteiger partial charge in [0.2, 0.25) is 0 Å². The molecule has 1 spiro atoms. The van der Waals surface area contributed by atoms with Crippen molar-refractivity contribution in [2.45, 2.75) is 38.2 Å². The maximum absolute atomic E-state index is 12.9. The molecule has 0 radical (unpaired) electrons. The Kier molecular flexibility index (Phi) is 5.53. The largest absolute Gasteiger partial charge is 0.497 e. The summed E-state index contributed by atoms with van der Waals surface area (Å²) in [5.41, 5.74) is 2.09. The van der Waals surface area contributed by atoms with Crippen LogP contribution in [0.5, 0.6) is 11.5 Å². The Morgan fingerprint density at radius 3 is 2.66 bits per heavy atom. The van der Waals surface area contributed by atoms with Crippen LogP contribution in [0, 0.1) is 0 Å². The third-order valence-electron chi connectivity index (χ3n) is 6.27. The summed E-state index contributed by atoms with van der Waals surface area (Å²) in [4.78, 5) is 14.8. The minimum atomic E-state index is -0.316. The Balaban J connectivity index is 1.21. The lowest BCUT2D eigenvalue weighted by Crippen LogP contribution is -2.52. The third-order valence-corrected chi connectivity index (χ3v) is 6.27. The lowest BCUT2D eigenvalue weighted by atomic mass is 9.89. The zero-order chi connectivity index (χ0) is 22.0. The molecule has 0 unspecified atom stereocenters. The molecular formula is C24H26N4O4. The normalized spacial score (nSPS) is 17.1. The summed E-state index contributed by atoms with van der Waals surface area (Å²) in [5.74, 6) is 1.51. The summed E-state index contributed by atoms with van der Waals surface area (Å²) in [5, 5.41) is 8.67. The van der Waals surface area contributed by atoms with Gasteiger partial charge in [-0.2, -0.15) is 0 Å². The van der Waals surface area contributed by atoms with Crippen LogP contribution in [0.15, 0.2) is 54.6 Å². The zero-order valence-electron chi connectivity index (χ0n) is 18.1. The number of fused-ring (bicyclic) bond motifs is 1. The van der Waals surface area contributed by atoms with E-state index in [0.29, 0.717) is 44.2 Å². The molecule has 2 aromatic carbocycles. The van der Waals surface area contributed by atoms with Gasteiger partial charge < -0.3 is 19.1 Å². The second kappa shape index (κ2) is 8.63. The van der Waals surface area contributed by atoms with E-state index in [2.05, 4.69) is 10.3 Å². The van der Waals surface area contributed by atoms with Crippen molar-refractivity contribution >= 4 is 5.91 Å². The second-order valence-corrected chi connectivity index (χ2v) is 8.24. The molecule has 2 aliphatic heterocycles. The molecule has 0 atom stereocenters. The van der Waals surface area contributed by atoms with Crippen LogP contribution in [0.1, 0.15) is 34.6 Å². The minimum absolute atomic E-state index is 0.0244. The lowest BCUT2D eigenvalue weighted by Gasteiger charge is -2.43. The van der Waals surface area contributed by atoms with E-state index in [4.69, 9.17) is 14.2 Å². The van der Waals surface area contributed by atoms with E-state index in [0.717, 1.165) is 30.0 Å². The molecule has 1 aromatic heterocycles. The average Bonchev–Trinajstić information content (AvgIpc) is 3.25. The van der Waals surface area contributed by atoms with E-state index >= 15 is 0 Å². The van der Waals surface area contributed by atoms with Crippen molar-refractivity contribution in [3.05, 3.63) is 71.5 Å². The molecule has 32 heavy (non-hydrogen) atoms. The number of hydrogen-bond donors (Lipinski definition) is 0. The fourth-order valence-electron chi connectivity index (χ4n) is 4.33. The lowest BCUT2D eigenvalue weighted by molar-refractivity contribution is -0.120. The Labute approximate surface area is 186 Å². The molecule has 5 rings (SSSR count). The molecule has 3 aromatic rings. The summed E-state index contributed by atoms with van der Waals surface area (Å²) in [6.45, 7) is 2.73. The molecule has 2 aliphatic rings. The van der Waals surface area contributed by atoms with Crippen LogP contribution < -0.4 is 9.47 Å². The van der Waals surface area contributed by atoms with Crippen molar-refractivity contribution in [3.8, 4) is 11.5 Å². The van der Waals surface area contributed by atoms with Crippen molar-refractivity contribution in [1.82, 2.24) is 19.9 Å². The number of aromatic nitrogens is 3. The van der Waals surface area contributed by atoms with Gasteiger partial charge in [-0.1, -0.05) is 29.5 Å². The number of amides is 1. The maximum Gasteiger partial charge on any atom is 0.253 e. The molecule has 0 bridgehead atoms. The monoisotopic (exact) mass is 434 g/mol. The van der Waals surface area contributed by atoms with E-state index in [1.165, 1.54) is 0 Å². The van der Waals surface area contributed by atoms with Gasteiger partial charge in [-0.25, -0.2) is 4.68 Å². The standard InChI is InChI=1S/C24H26N4O4/c1-30-20-9-5-6-18(14-20)23(29)27-12-10-24(11-13-27)17-28-22(16-32-24)21(25-26-28)15-31-19-7-3-2-4-8-19/h2-9,14H,10-13,15-17H2,1H3. The van der Waals surface area contributed by atoms with Crippen molar-refractivity contribution in [1.29, 1.82) is 0 Å². The molecule has 0 N–H and O–H groups in total. The highest BCUT2D eigenvalue weighted by atomic mass is 16.5. The predicted molar refractivity (Wildman–Crippen MR) is 116 cm³/mol. The Bertz CT molecular complexity index is 1090. The van der Waals surface area contributed by atoms with Gasteiger partial charge in [0, 0.05) is 18.7 Å². The number of ether oxygens (including phenoxy) is 3. The molecule has 8 nitrogen and oxygen atoms in total. The first kappa shape index (κ1) is 20.5. The van der Waals surface area contributed by atoms with E-state index in [1.54, 1.807) is 13.2 Å². The Morgan fingerprint density at radius 1 is 1.09 bits per heavy atom. The second-order valence-electron chi connectivity index (χ2n) is 8.24. The zero-order valence-corrected chi connectivity index (χ0v) is 18.1. The first-order valence-electron chi connectivity index (χ1n) is 10.8. The number of likely N-dealkylation sites (tertiary alicyclic amines) is 1. The van der Waals surface area contributed by atoms with Gasteiger partial charge in [0.25, 0.3) is 5.91 Å². The van der Waals surface area contributed by atoms with E-state index in [9.17, 15) is 4.79 Å². The van der Waals surface area contributed by atoms with Crippen LogP contribution in [0.3, 0.4) is 0 Å². The van der Waals surface area contributed by atoms with Gasteiger partial charge in [-0.15, -0.1) is 5.10 Å². The van der Waals surface area contributed by atoms with E-state index < -0.39 is 0 Å². The molecule has 166 valence electrons. The summed E-state index contributed by atoms with van der Waals surface area (Å²) in [7, 11) is 1.60. The van der Waals surface area contributed by atoms with Gasteiger partial charge in [0.15, 0.2) is 0 Å². The van der Waals surface area contributed by atoms with Gasteiger partial charge in [0.1, 0.15) is 23.8 Å². The van der Waals surface area contributed by atoms with Crippen molar-refractivity contribution in [2.24, 2.45) is 0 Å². The predicted octanol–water partition coefficient (Wildman–Crippen LogP) is 3.07. The Hall–Kier alpha value is -3.39. The summed E-state index contributed by atoms with van der Waals surface area (Å²) >= 11 is 0. The van der Waals surface area contributed by atoms with E-state index in [1.807, 2.05) is 58.1 Å². The number of carbonyl (C=O) groups is 1. The van der Waals surface area contributed by atoms with Crippen molar-refractivity contribution < 1.29 is 19.0 Å². The van der Waals surface area contributed by atoms with Crippen LogP contribution in [0.2, 0.25) is 0 Å². The van der Waals surface area contributed by atoms with Crippen LogP contribution in [0.25, 0.3) is 0 Å². The molecule has 3 heterocycles. The molecule has 8 heteroatoms. The van der Waals surface area contributed by atoms with Crippen LogP contribution in [-0.2, 0) is 24.5 Å². The van der Waals surface area contributed by atoms with Crippen molar-refractivity contribution in [3.63, 3.8) is 0 Å². The number of hydrogen-bond acceptors (Lipinski definition) is 6. The number of nitrogens with zero attached hydrogens (tertiary/aromatic N) is 4. The number of para-hydroxylation sites is 1. The minimum Gasteiger partial charge on any atom is -0.497 e. The molecule has 1 amide bonds. The van der Waals surface area contributed by atoms with E-state index in [-0.39, 0.29) is 11.5 Å². The molecule has 0 aliphatic carbocycles. The van der Waals surface area contributed by atoms with Gasteiger partial charge >= 0.3 is 0 Å². The van der Waals surface area contributed by atoms with Gasteiger partial charge in [-0.3, -0.25) is 4.79 Å². The topological polar surface area (TPSA) is 78.7 Å². The maximum atomic E-state index is 12.9. The van der Waals surface area contributed by atoms with Gasteiger partial charge in [0.05, 0.1) is 31.6 Å². The number of rotatable bonds is 5. The fourth-order valence-corrected chi connectivity index (χ4v) is 4.33. The number of methoxy groups -OCH3 is 1. The van der Waals surface area contributed by atoms with Crippen LogP contribution >= 0.6 is 0 Å². The summed E-state index contributed by atoms with van der Waals surface area (Å²) in [6.07, 6.45) is 1.52. The van der Waals surface area contributed by atoms with Crippen LogP contribution in [0.4, 0.5) is 0 Å². The number of piperidine rings is 1. The molecule has 0 saturated carbocycles. The quantitative estimate of drug-likeness (QED) is 0.614. The highest BCUT2D eigenvalue weighted by molar-refractivity contribution is 5.94. The number of carbonyl (C=O) groups excluding carboxylic acids is 1. The number of benzene rings is 2. The Morgan fingerprint density at radius 2 is 1.88 bits per heavy atom. The highest BCUT2D eigenvalue weighted by Crippen LogP contribution is 2.34. The van der Waals surface area contributed by atoms with Crippen molar-refractivity contribution in [2.75, 3.05) is 20.2 Å². The third kappa shape index (κ3) is 4.05. The van der Waals surface area contributed by atoms with Gasteiger partial charge in [-0.05, 0) is 43.2 Å². The summed E-state index contributed by atoms with van der Waals surface area (Å²) < 4.78 is 19.3. The highest BCUT2D eigenvalue weighted by Gasteiger charge is 2.41. The first-order valence-corrected chi connectivity index (χ1v) is 10.8. The summed E-state index contributed by atoms with van der Waals surface area (Å²) in [6, 6.07) is 17.0. The fraction of sp³-hybridized carbons (Fsp3) is 0.375.